The van der Waals surface area contributed by atoms with E-state index >= 15 is 0 Å². The first kappa shape index (κ1) is 20.0. The fourth-order valence-corrected chi connectivity index (χ4v) is 3.98. The molecule has 0 aliphatic carbocycles. The van der Waals surface area contributed by atoms with Gasteiger partial charge < -0.3 is 15.3 Å². The summed E-state index contributed by atoms with van der Waals surface area (Å²) in [5.41, 5.74) is 0.994. The Morgan fingerprint density at radius 3 is 2.27 bits per heavy atom. The zero-order valence-corrected chi connectivity index (χ0v) is 15.6. The largest absolute Gasteiger partial charge is 0.481 e. The lowest BCUT2D eigenvalue weighted by atomic mass is 9.97. The van der Waals surface area contributed by atoms with Gasteiger partial charge in [0, 0.05) is 24.5 Å². The van der Waals surface area contributed by atoms with Gasteiger partial charge in [0.2, 0.25) is 10.0 Å². The van der Waals surface area contributed by atoms with E-state index in [1.807, 2.05) is 6.92 Å². The fraction of sp³-hybridized carbons (Fsp3) is 0.529. The number of carboxylic acid groups (broad SMARTS) is 1. The third-order valence-corrected chi connectivity index (χ3v) is 5.68. The molecule has 3 N–H and O–H groups in total. The Morgan fingerprint density at radius 1 is 1.15 bits per heavy atom. The molecule has 2 amide bonds. The first-order valence-electron chi connectivity index (χ1n) is 8.70. The van der Waals surface area contributed by atoms with Crippen LogP contribution in [-0.2, 0) is 14.8 Å². The van der Waals surface area contributed by atoms with Crippen LogP contribution in [0, 0.1) is 5.92 Å². The molecule has 1 heterocycles. The number of benzene rings is 1. The Balaban J connectivity index is 1.87. The lowest BCUT2D eigenvalue weighted by molar-refractivity contribution is -0.143. The molecule has 0 atom stereocenters. The van der Waals surface area contributed by atoms with Gasteiger partial charge in [-0.3, -0.25) is 9.52 Å². The van der Waals surface area contributed by atoms with Crippen LogP contribution in [-0.4, -0.2) is 49.3 Å². The highest BCUT2D eigenvalue weighted by Crippen LogP contribution is 2.19. The SMILES string of the molecule is CCCCS(=O)(=O)Nc1ccc(NC(=O)N2CCC(C(=O)O)CC2)cc1. The molecule has 1 aromatic rings. The first-order valence-corrected chi connectivity index (χ1v) is 10.3. The maximum atomic E-state index is 12.2. The molecule has 1 fully saturated rings. The molecule has 8 nitrogen and oxygen atoms in total. The average molecular weight is 383 g/mol. The number of aliphatic carboxylic acids is 1. The molecule has 1 aliphatic heterocycles. The monoisotopic (exact) mass is 383 g/mol. The molecule has 0 spiro atoms. The topological polar surface area (TPSA) is 116 Å². The van der Waals surface area contributed by atoms with Gasteiger partial charge in [0.05, 0.1) is 11.7 Å². The normalized spacial score (nSPS) is 15.5. The number of anilines is 2. The number of likely N-dealkylation sites (tertiary alicyclic amines) is 1. The molecular weight excluding hydrogens is 358 g/mol. The number of unbranched alkanes of at least 4 members (excludes halogenated alkanes) is 1. The Morgan fingerprint density at radius 2 is 1.73 bits per heavy atom. The maximum absolute atomic E-state index is 12.2. The molecule has 0 saturated carbocycles. The summed E-state index contributed by atoms with van der Waals surface area (Å²) in [6.45, 7) is 2.73. The summed E-state index contributed by atoms with van der Waals surface area (Å²) in [5.74, 6) is -1.13. The standard InChI is InChI=1S/C17H25N3O5S/c1-2-3-12-26(24,25)19-15-6-4-14(5-7-15)18-17(23)20-10-8-13(9-11-20)16(21)22/h4-7,13,19H,2-3,8-12H2,1H3,(H,18,23)(H,21,22). The number of piperidine rings is 1. The average Bonchev–Trinajstić information content (AvgIpc) is 2.61. The molecule has 1 aliphatic rings. The number of carboxylic acids is 1. The van der Waals surface area contributed by atoms with Gasteiger partial charge in [-0.25, -0.2) is 13.2 Å². The number of nitrogens with zero attached hydrogens (tertiary/aromatic N) is 1. The molecule has 144 valence electrons. The minimum absolute atomic E-state index is 0.0777. The number of carbonyl (C=O) groups is 2. The van der Waals surface area contributed by atoms with Gasteiger partial charge in [0.1, 0.15) is 0 Å². The number of hydrogen-bond acceptors (Lipinski definition) is 4. The van der Waals surface area contributed by atoms with Gasteiger partial charge in [0.25, 0.3) is 0 Å². The Labute approximate surface area is 153 Å². The van der Waals surface area contributed by atoms with Crippen molar-refractivity contribution in [2.45, 2.75) is 32.6 Å². The lowest BCUT2D eigenvalue weighted by Gasteiger charge is -2.30. The zero-order chi connectivity index (χ0) is 19.2. The molecule has 0 bridgehead atoms. The number of sulfonamides is 1. The highest BCUT2D eigenvalue weighted by atomic mass is 32.2. The molecule has 1 saturated heterocycles. The lowest BCUT2D eigenvalue weighted by Crippen LogP contribution is -2.42. The summed E-state index contributed by atoms with van der Waals surface area (Å²) in [6.07, 6.45) is 2.29. The summed E-state index contributed by atoms with van der Waals surface area (Å²) in [7, 11) is -3.36. The van der Waals surface area contributed by atoms with Gasteiger partial charge >= 0.3 is 12.0 Å². The minimum atomic E-state index is -3.36. The van der Waals surface area contributed by atoms with Gasteiger partial charge in [-0.15, -0.1) is 0 Å². The molecule has 1 aromatic carbocycles. The van der Waals surface area contributed by atoms with Crippen LogP contribution in [0.2, 0.25) is 0 Å². The van der Waals surface area contributed by atoms with Crippen LogP contribution in [0.25, 0.3) is 0 Å². The van der Waals surface area contributed by atoms with Gasteiger partial charge in [0.15, 0.2) is 0 Å². The van der Waals surface area contributed by atoms with Crippen molar-refractivity contribution in [2.75, 3.05) is 28.9 Å². The van der Waals surface area contributed by atoms with E-state index in [2.05, 4.69) is 10.0 Å². The van der Waals surface area contributed by atoms with Crippen molar-refractivity contribution in [1.82, 2.24) is 4.90 Å². The minimum Gasteiger partial charge on any atom is -0.481 e. The second-order valence-electron chi connectivity index (χ2n) is 6.38. The number of carbonyl (C=O) groups excluding carboxylic acids is 1. The predicted molar refractivity (Wildman–Crippen MR) is 99.7 cm³/mol. The summed E-state index contributed by atoms with van der Waals surface area (Å²) < 4.78 is 26.3. The maximum Gasteiger partial charge on any atom is 0.321 e. The van der Waals surface area contributed by atoms with Gasteiger partial charge in [-0.05, 0) is 43.5 Å². The quantitative estimate of drug-likeness (QED) is 0.669. The van der Waals surface area contributed by atoms with Crippen molar-refractivity contribution in [3.63, 3.8) is 0 Å². The highest BCUT2D eigenvalue weighted by molar-refractivity contribution is 7.92. The van der Waals surface area contributed by atoms with Crippen LogP contribution in [0.4, 0.5) is 16.2 Å². The summed E-state index contributed by atoms with van der Waals surface area (Å²) in [5, 5.41) is 11.7. The second-order valence-corrected chi connectivity index (χ2v) is 8.22. The Hall–Kier alpha value is -2.29. The number of nitrogens with one attached hydrogen (secondary N) is 2. The second kappa shape index (κ2) is 8.88. The first-order chi connectivity index (χ1) is 12.3. The smallest absolute Gasteiger partial charge is 0.321 e. The van der Waals surface area contributed by atoms with E-state index in [1.54, 1.807) is 29.2 Å². The predicted octanol–water partition coefficient (Wildman–Crippen LogP) is 2.56. The third-order valence-electron chi connectivity index (χ3n) is 4.31. The molecule has 0 aromatic heterocycles. The van der Waals surface area contributed by atoms with E-state index in [0.29, 0.717) is 43.7 Å². The van der Waals surface area contributed by atoms with Gasteiger partial charge in [-0.2, -0.15) is 0 Å². The van der Waals surface area contributed by atoms with Crippen LogP contribution in [0.3, 0.4) is 0 Å². The Kier molecular flexibility index (Phi) is 6.84. The molecular formula is C17H25N3O5S. The molecule has 0 unspecified atom stereocenters. The zero-order valence-electron chi connectivity index (χ0n) is 14.8. The summed E-state index contributed by atoms with van der Waals surface area (Å²) in [6, 6.07) is 6.15. The molecule has 26 heavy (non-hydrogen) atoms. The van der Waals surface area contributed by atoms with E-state index in [-0.39, 0.29) is 17.7 Å². The van der Waals surface area contributed by atoms with Crippen LogP contribution >= 0.6 is 0 Å². The van der Waals surface area contributed by atoms with E-state index in [9.17, 15) is 18.0 Å². The number of amides is 2. The van der Waals surface area contributed by atoms with Crippen LogP contribution in [0.5, 0.6) is 0 Å². The van der Waals surface area contributed by atoms with E-state index in [1.165, 1.54) is 0 Å². The van der Waals surface area contributed by atoms with Crippen molar-refractivity contribution in [3.05, 3.63) is 24.3 Å². The van der Waals surface area contributed by atoms with Crippen molar-refractivity contribution in [1.29, 1.82) is 0 Å². The van der Waals surface area contributed by atoms with E-state index in [0.717, 1.165) is 6.42 Å². The number of hydrogen-bond donors (Lipinski definition) is 3. The van der Waals surface area contributed by atoms with Crippen molar-refractivity contribution < 1.29 is 23.1 Å². The van der Waals surface area contributed by atoms with Crippen LogP contribution < -0.4 is 10.0 Å². The van der Waals surface area contributed by atoms with Crippen molar-refractivity contribution >= 4 is 33.4 Å². The van der Waals surface area contributed by atoms with Crippen LogP contribution in [0.15, 0.2) is 24.3 Å². The van der Waals surface area contributed by atoms with E-state index < -0.39 is 16.0 Å². The highest BCUT2D eigenvalue weighted by Gasteiger charge is 2.26. The Bertz CT molecular complexity index is 725. The molecule has 2 rings (SSSR count). The fourth-order valence-electron chi connectivity index (χ4n) is 2.72. The summed E-state index contributed by atoms with van der Waals surface area (Å²) >= 11 is 0. The van der Waals surface area contributed by atoms with Crippen LogP contribution in [0.1, 0.15) is 32.6 Å². The third kappa shape index (κ3) is 5.91. The number of rotatable bonds is 7. The van der Waals surface area contributed by atoms with Crippen molar-refractivity contribution in [2.24, 2.45) is 5.92 Å². The summed E-state index contributed by atoms with van der Waals surface area (Å²) in [4.78, 5) is 24.8. The van der Waals surface area contributed by atoms with Gasteiger partial charge in [-0.1, -0.05) is 13.3 Å². The van der Waals surface area contributed by atoms with E-state index in [4.69, 9.17) is 5.11 Å². The number of urea groups is 1. The van der Waals surface area contributed by atoms with Crippen molar-refractivity contribution in [3.8, 4) is 0 Å². The molecule has 9 heteroatoms. The molecule has 0 radical (unpaired) electrons.